The number of phenolic OH excluding ortho intramolecular Hbond substituents is 4. The first kappa shape index (κ1) is 52.6. The minimum atomic E-state index is -1.54. The van der Waals surface area contributed by atoms with Crippen LogP contribution in [0.25, 0.3) is 0 Å². The van der Waals surface area contributed by atoms with E-state index in [1.165, 1.54) is 121 Å². The van der Waals surface area contributed by atoms with Crippen LogP contribution in [0.2, 0.25) is 0 Å². The van der Waals surface area contributed by atoms with E-state index in [0.29, 0.717) is 22.3 Å². The largest absolute Gasteiger partial charge is 0.508 e. The zero-order valence-electron chi connectivity index (χ0n) is 38.4. The number of rotatable bonds is 22. The average molecular weight is 997 g/mol. The number of phenols is 4. The molecule has 0 fully saturated rings. The van der Waals surface area contributed by atoms with E-state index in [1.807, 2.05) is 0 Å². The summed E-state index contributed by atoms with van der Waals surface area (Å²) in [5.74, 6) is -10.0. The van der Waals surface area contributed by atoms with Crippen molar-refractivity contribution >= 4 is 47.5 Å². The Hall–Kier alpha value is -9.72. The van der Waals surface area contributed by atoms with Gasteiger partial charge < -0.3 is 62.1 Å². The van der Waals surface area contributed by atoms with E-state index in [2.05, 4.69) is 21.3 Å². The average Bonchev–Trinajstić information content (AvgIpc) is 3.35. The summed E-state index contributed by atoms with van der Waals surface area (Å²) in [6.45, 7) is 0. The molecule has 376 valence electrons. The fraction of sp³-hybridized carbons (Fsp3) is 0.170. The lowest BCUT2D eigenvalue weighted by Gasteiger charge is -2.18. The molecule has 12 N–H and O–H groups in total. The van der Waals surface area contributed by atoms with Gasteiger partial charge in [0.25, 0.3) is 23.6 Å². The number of carbonyl (C=O) groups excluding carboxylic acids is 4. The molecular formula is C53H48N4O16. The van der Waals surface area contributed by atoms with Crippen molar-refractivity contribution < 1.29 is 79.2 Å². The predicted octanol–water partition coefficient (Wildman–Crippen LogP) is 3.80. The maximum atomic E-state index is 14.0. The van der Waals surface area contributed by atoms with E-state index in [4.69, 9.17) is 0 Å². The van der Waals surface area contributed by atoms with E-state index in [9.17, 15) is 79.2 Å². The first-order chi connectivity index (χ1) is 34.7. The molecule has 6 rings (SSSR count). The van der Waals surface area contributed by atoms with E-state index in [1.54, 1.807) is 0 Å². The van der Waals surface area contributed by atoms with Gasteiger partial charge in [-0.1, -0.05) is 48.5 Å². The third kappa shape index (κ3) is 15.1. The summed E-state index contributed by atoms with van der Waals surface area (Å²) in [7, 11) is 0. The number of amides is 4. The SMILES string of the molecule is O=C(NC(Cc1ccc(O)cc1)C(=O)O)c1cc(Cc2cc(C(=O)NC(Cc3ccc(O)cc3)C(=O)O)cc(C(=O)NC(Cc3ccc(O)cc3)C(=O)O)c2)cc(C(=O)NC(Cc2ccc(O)cc2)C(=O)O)c1. The molecule has 6 aromatic carbocycles. The molecule has 0 spiro atoms. The van der Waals surface area contributed by atoms with Gasteiger partial charge in [-0.05, 0) is 125 Å². The smallest absolute Gasteiger partial charge is 0.326 e. The second kappa shape index (κ2) is 23.7. The van der Waals surface area contributed by atoms with Crippen molar-refractivity contribution in [1.29, 1.82) is 0 Å². The molecule has 4 amide bonds. The minimum absolute atomic E-state index is 0.0838. The van der Waals surface area contributed by atoms with Gasteiger partial charge in [0.2, 0.25) is 0 Å². The van der Waals surface area contributed by atoms with Gasteiger partial charge in [0.15, 0.2) is 0 Å². The molecule has 0 aliphatic carbocycles. The van der Waals surface area contributed by atoms with Gasteiger partial charge >= 0.3 is 23.9 Å². The molecule has 20 heteroatoms. The number of aromatic hydroxyl groups is 4. The van der Waals surface area contributed by atoms with Crippen LogP contribution in [-0.4, -0.2) is 113 Å². The van der Waals surface area contributed by atoms with Gasteiger partial charge in [-0.2, -0.15) is 0 Å². The van der Waals surface area contributed by atoms with Crippen molar-refractivity contribution in [2.45, 2.75) is 56.3 Å². The molecule has 73 heavy (non-hydrogen) atoms. The topological polar surface area (TPSA) is 347 Å². The molecule has 0 heterocycles. The molecule has 0 aromatic heterocycles. The Morgan fingerprint density at radius 3 is 0.671 bits per heavy atom. The van der Waals surface area contributed by atoms with Gasteiger partial charge in [0, 0.05) is 47.9 Å². The highest BCUT2D eigenvalue weighted by Gasteiger charge is 2.28. The molecule has 6 aromatic rings. The van der Waals surface area contributed by atoms with Gasteiger partial charge in [-0.15, -0.1) is 0 Å². The summed E-state index contributed by atoms with van der Waals surface area (Å²) < 4.78 is 0. The fourth-order valence-corrected chi connectivity index (χ4v) is 7.59. The zero-order valence-corrected chi connectivity index (χ0v) is 38.4. The van der Waals surface area contributed by atoms with Crippen molar-refractivity contribution in [3.8, 4) is 23.0 Å². The van der Waals surface area contributed by atoms with Crippen LogP contribution >= 0.6 is 0 Å². The molecule has 0 bridgehead atoms. The summed E-state index contributed by atoms with van der Waals surface area (Å²) >= 11 is 0. The monoisotopic (exact) mass is 996 g/mol. The lowest BCUT2D eigenvalue weighted by Crippen LogP contribution is -2.43. The summed E-state index contributed by atoms with van der Waals surface area (Å²) in [6, 6.07) is 23.4. The number of benzene rings is 6. The third-order valence-electron chi connectivity index (χ3n) is 11.4. The Labute approximate surface area is 415 Å². The Morgan fingerprint density at radius 1 is 0.301 bits per heavy atom. The van der Waals surface area contributed by atoms with Gasteiger partial charge in [-0.3, -0.25) is 19.2 Å². The van der Waals surface area contributed by atoms with E-state index < -0.39 is 71.7 Å². The molecular weight excluding hydrogens is 949 g/mol. The van der Waals surface area contributed by atoms with Gasteiger partial charge in [0.05, 0.1) is 0 Å². The molecule has 0 saturated carbocycles. The minimum Gasteiger partial charge on any atom is -0.508 e. The molecule has 4 atom stereocenters. The van der Waals surface area contributed by atoms with Crippen LogP contribution < -0.4 is 21.3 Å². The van der Waals surface area contributed by atoms with Gasteiger partial charge in [-0.25, -0.2) is 19.2 Å². The number of aliphatic carboxylic acids is 4. The summed E-state index contributed by atoms with van der Waals surface area (Å²) in [5.41, 5.74) is 0.824. The number of nitrogens with one attached hydrogen (secondary N) is 4. The van der Waals surface area contributed by atoms with Crippen LogP contribution in [0.1, 0.15) is 74.8 Å². The van der Waals surface area contributed by atoms with Crippen molar-refractivity contribution in [3.05, 3.63) is 189 Å². The first-order valence-corrected chi connectivity index (χ1v) is 22.2. The highest BCUT2D eigenvalue weighted by molar-refractivity contribution is 6.03. The molecule has 4 unspecified atom stereocenters. The second-order valence-corrected chi connectivity index (χ2v) is 17.0. The lowest BCUT2D eigenvalue weighted by molar-refractivity contribution is -0.140. The highest BCUT2D eigenvalue weighted by atomic mass is 16.4. The second-order valence-electron chi connectivity index (χ2n) is 17.0. The zero-order chi connectivity index (χ0) is 52.9. The van der Waals surface area contributed by atoms with Crippen LogP contribution in [0, 0.1) is 0 Å². The summed E-state index contributed by atoms with van der Waals surface area (Å²) in [6.07, 6.45) is -1.26. The highest BCUT2D eigenvalue weighted by Crippen LogP contribution is 2.22. The fourth-order valence-electron chi connectivity index (χ4n) is 7.59. The third-order valence-corrected chi connectivity index (χ3v) is 11.4. The van der Waals surface area contributed by atoms with E-state index in [-0.39, 0.29) is 88.5 Å². The molecule has 0 radical (unpaired) electrons. The number of carboxylic acid groups (broad SMARTS) is 4. The molecule has 0 aliphatic heterocycles. The molecule has 0 saturated heterocycles. The summed E-state index contributed by atoms with van der Waals surface area (Å²) in [4.78, 5) is 106. The maximum Gasteiger partial charge on any atom is 0.326 e. The van der Waals surface area contributed by atoms with Crippen molar-refractivity contribution in [3.63, 3.8) is 0 Å². The standard InChI is InChI=1S/C53H48N4O16/c58-38-9-1-28(2-10-38)22-42(50(66)67)54-46(62)34-18-32(19-35(26-34)47(63)55-43(51(68)69)23-29-3-11-39(59)12-4-29)17-33-20-36(48(64)56-44(52(70)71)24-30-5-13-40(60)14-6-30)27-37(21-33)49(65)57-45(53(72)73)25-31-7-15-41(61)16-8-31/h1-16,18-21,26-27,42-45,58-61H,17,22-25H2,(H,54,62)(H,55,63)(H,56,64)(H,57,65)(H,66,67)(H,68,69)(H,70,71)(H,72,73). The van der Waals surface area contributed by atoms with Crippen molar-refractivity contribution in [2.24, 2.45) is 0 Å². The molecule has 0 aliphatic rings. The van der Waals surface area contributed by atoms with Crippen molar-refractivity contribution in [2.75, 3.05) is 0 Å². The number of carbonyl (C=O) groups is 8. The number of carboxylic acids is 4. The quantitative estimate of drug-likeness (QED) is 0.0460. The first-order valence-electron chi connectivity index (χ1n) is 22.2. The predicted molar refractivity (Wildman–Crippen MR) is 258 cm³/mol. The van der Waals surface area contributed by atoms with Gasteiger partial charge in [0.1, 0.15) is 47.2 Å². The van der Waals surface area contributed by atoms with Crippen LogP contribution in [0.15, 0.2) is 133 Å². The Kier molecular flexibility index (Phi) is 17.1. The van der Waals surface area contributed by atoms with Crippen LogP contribution in [-0.2, 0) is 51.3 Å². The van der Waals surface area contributed by atoms with Crippen LogP contribution in [0.4, 0.5) is 0 Å². The van der Waals surface area contributed by atoms with E-state index >= 15 is 0 Å². The van der Waals surface area contributed by atoms with E-state index in [0.717, 1.165) is 12.1 Å². The Bertz CT molecular complexity index is 2630. The van der Waals surface area contributed by atoms with Crippen molar-refractivity contribution in [1.82, 2.24) is 21.3 Å². The lowest BCUT2D eigenvalue weighted by atomic mass is 9.95. The normalized spacial score (nSPS) is 12.5. The number of hydrogen-bond donors (Lipinski definition) is 12. The Balaban J connectivity index is 1.39. The molecule has 20 nitrogen and oxygen atoms in total. The number of hydrogen-bond acceptors (Lipinski definition) is 12. The van der Waals surface area contributed by atoms with Crippen LogP contribution in [0.3, 0.4) is 0 Å². The van der Waals surface area contributed by atoms with Crippen LogP contribution in [0.5, 0.6) is 23.0 Å². The Morgan fingerprint density at radius 2 is 0.493 bits per heavy atom. The summed E-state index contributed by atoms with van der Waals surface area (Å²) in [5, 5.41) is 88.9. The maximum absolute atomic E-state index is 14.0.